The third-order valence-electron chi connectivity index (χ3n) is 3.45. The molecule has 1 aliphatic rings. The van der Waals surface area contributed by atoms with Gasteiger partial charge < -0.3 is 14.8 Å². The topological polar surface area (TPSA) is 33.7 Å². The Bertz CT molecular complexity index is 375. The van der Waals surface area contributed by atoms with E-state index < -0.39 is 0 Å². The van der Waals surface area contributed by atoms with E-state index in [4.69, 9.17) is 9.47 Å². The maximum absolute atomic E-state index is 5.41. The van der Waals surface area contributed by atoms with Gasteiger partial charge >= 0.3 is 0 Å². The molecule has 1 aliphatic heterocycles. The minimum absolute atomic E-state index is 0.333. The number of anilines is 1. The molecule has 1 saturated heterocycles. The summed E-state index contributed by atoms with van der Waals surface area (Å²) in [5.74, 6) is 0. The molecule has 0 aliphatic carbocycles. The van der Waals surface area contributed by atoms with Crippen LogP contribution in [0.15, 0.2) is 24.3 Å². The highest BCUT2D eigenvalue weighted by Crippen LogP contribution is 2.13. The summed E-state index contributed by atoms with van der Waals surface area (Å²) in [7, 11) is 0. The van der Waals surface area contributed by atoms with Gasteiger partial charge in [0.2, 0.25) is 0 Å². The van der Waals surface area contributed by atoms with E-state index in [9.17, 15) is 0 Å². The number of hydrogen-bond acceptors (Lipinski definition) is 4. The predicted octanol–water partition coefficient (Wildman–Crippen LogP) is 2.36. The molecule has 0 bridgehead atoms. The molecule has 2 rings (SSSR count). The molecular weight excluding hydrogens is 252 g/mol. The van der Waals surface area contributed by atoms with Crippen LogP contribution >= 0.6 is 0 Å². The fourth-order valence-corrected chi connectivity index (χ4v) is 2.34. The summed E-state index contributed by atoms with van der Waals surface area (Å²) in [5.41, 5.74) is 2.51. The highest BCUT2D eigenvalue weighted by molar-refractivity contribution is 5.45. The van der Waals surface area contributed by atoms with Gasteiger partial charge in [0.1, 0.15) is 0 Å². The maximum atomic E-state index is 5.41. The van der Waals surface area contributed by atoms with Crippen molar-refractivity contribution in [3.05, 3.63) is 29.8 Å². The van der Waals surface area contributed by atoms with Gasteiger partial charge in [0, 0.05) is 38.0 Å². The Labute approximate surface area is 122 Å². The van der Waals surface area contributed by atoms with Gasteiger partial charge in [0.05, 0.1) is 19.8 Å². The molecule has 4 heteroatoms. The average molecular weight is 278 g/mol. The normalized spacial score (nSPS) is 17.9. The van der Waals surface area contributed by atoms with Crippen LogP contribution in [0.1, 0.15) is 19.4 Å². The van der Waals surface area contributed by atoms with Crippen LogP contribution in [-0.4, -0.2) is 50.5 Å². The van der Waals surface area contributed by atoms with Crippen molar-refractivity contribution < 1.29 is 9.47 Å². The molecule has 1 unspecified atom stereocenters. The van der Waals surface area contributed by atoms with E-state index >= 15 is 0 Å². The van der Waals surface area contributed by atoms with Gasteiger partial charge in [0.15, 0.2) is 0 Å². The molecule has 1 fully saturated rings. The fraction of sp³-hybridized carbons (Fsp3) is 0.625. The highest BCUT2D eigenvalue weighted by atomic mass is 16.5. The van der Waals surface area contributed by atoms with Crippen LogP contribution in [0.3, 0.4) is 0 Å². The smallest absolute Gasteiger partial charge is 0.0664 e. The Kier molecular flexibility index (Phi) is 6.30. The second kappa shape index (κ2) is 8.25. The molecule has 0 radical (unpaired) electrons. The zero-order chi connectivity index (χ0) is 14.2. The van der Waals surface area contributed by atoms with Crippen molar-refractivity contribution in [2.45, 2.75) is 26.4 Å². The SMILES string of the molecule is CCOCC(C)Nc1ccc(CN2CCOCC2)cc1. The van der Waals surface area contributed by atoms with E-state index in [0.717, 1.165) is 51.7 Å². The average Bonchev–Trinajstić information content (AvgIpc) is 2.48. The van der Waals surface area contributed by atoms with Crippen LogP contribution in [0, 0.1) is 0 Å². The zero-order valence-corrected chi connectivity index (χ0v) is 12.6. The first-order chi connectivity index (χ1) is 9.78. The van der Waals surface area contributed by atoms with Gasteiger partial charge in [-0.1, -0.05) is 12.1 Å². The largest absolute Gasteiger partial charge is 0.380 e. The summed E-state index contributed by atoms with van der Waals surface area (Å²) in [5, 5.41) is 3.45. The molecule has 1 atom stereocenters. The van der Waals surface area contributed by atoms with Gasteiger partial charge in [-0.3, -0.25) is 4.90 Å². The summed E-state index contributed by atoms with van der Waals surface area (Å²) in [4.78, 5) is 2.43. The third-order valence-corrected chi connectivity index (χ3v) is 3.45. The minimum Gasteiger partial charge on any atom is -0.380 e. The molecular formula is C16H26N2O2. The number of ether oxygens (including phenoxy) is 2. The summed E-state index contributed by atoms with van der Waals surface area (Å²) < 4.78 is 10.8. The van der Waals surface area contributed by atoms with Crippen molar-refractivity contribution in [1.29, 1.82) is 0 Å². The first-order valence-corrected chi connectivity index (χ1v) is 7.51. The van der Waals surface area contributed by atoms with E-state index in [1.165, 1.54) is 5.56 Å². The van der Waals surface area contributed by atoms with E-state index in [-0.39, 0.29) is 0 Å². The Balaban J connectivity index is 1.79. The van der Waals surface area contributed by atoms with Crippen LogP contribution in [0.2, 0.25) is 0 Å². The molecule has 1 aromatic rings. The molecule has 20 heavy (non-hydrogen) atoms. The van der Waals surface area contributed by atoms with Crippen molar-refractivity contribution in [2.75, 3.05) is 44.8 Å². The maximum Gasteiger partial charge on any atom is 0.0664 e. The summed E-state index contributed by atoms with van der Waals surface area (Å²) >= 11 is 0. The molecule has 1 N–H and O–H groups in total. The van der Waals surface area contributed by atoms with Gasteiger partial charge in [-0.25, -0.2) is 0 Å². The van der Waals surface area contributed by atoms with E-state index in [0.29, 0.717) is 6.04 Å². The van der Waals surface area contributed by atoms with Crippen LogP contribution in [0.5, 0.6) is 0 Å². The monoisotopic (exact) mass is 278 g/mol. The predicted molar refractivity (Wildman–Crippen MR) is 82.1 cm³/mol. The molecule has 112 valence electrons. The Morgan fingerprint density at radius 1 is 1.25 bits per heavy atom. The van der Waals surface area contributed by atoms with Crippen molar-refractivity contribution >= 4 is 5.69 Å². The summed E-state index contributed by atoms with van der Waals surface area (Å²) in [6.45, 7) is 10.5. The number of morpholine rings is 1. The van der Waals surface area contributed by atoms with E-state index in [2.05, 4.69) is 41.4 Å². The number of hydrogen-bond donors (Lipinski definition) is 1. The van der Waals surface area contributed by atoms with Crippen molar-refractivity contribution in [2.24, 2.45) is 0 Å². The lowest BCUT2D eigenvalue weighted by Crippen LogP contribution is -2.35. The lowest BCUT2D eigenvalue weighted by molar-refractivity contribution is 0.0342. The Hall–Kier alpha value is -1.10. The number of nitrogens with one attached hydrogen (secondary N) is 1. The molecule has 0 aromatic heterocycles. The Morgan fingerprint density at radius 3 is 2.60 bits per heavy atom. The first kappa shape index (κ1) is 15.3. The summed E-state index contributed by atoms with van der Waals surface area (Å²) in [6.07, 6.45) is 0. The van der Waals surface area contributed by atoms with Crippen molar-refractivity contribution in [1.82, 2.24) is 4.90 Å². The first-order valence-electron chi connectivity index (χ1n) is 7.51. The lowest BCUT2D eigenvalue weighted by Gasteiger charge is -2.26. The van der Waals surface area contributed by atoms with Gasteiger partial charge in [0.25, 0.3) is 0 Å². The lowest BCUT2D eigenvalue weighted by atomic mass is 10.2. The quantitative estimate of drug-likeness (QED) is 0.830. The summed E-state index contributed by atoms with van der Waals surface area (Å²) in [6, 6.07) is 9.03. The van der Waals surface area contributed by atoms with Crippen LogP contribution < -0.4 is 5.32 Å². The third kappa shape index (κ3) is 5.12. The second-order valence-corrected chi connectivity index (χ2v) is 5.29. The van der Waals surface area contributed by atoms with Crippen LogP contribution in [-0.2, 0) is 16.0 Å². The second-order valence-electron chi connectivity index (χ2n) is 5.29. The zero-order valence-electron chi connectivity index (χ0n) is 12.6. The molecule has 0 saturated carbocycles. The van der Waals surface area contributed by atoms with Crippen LogP contribution in [0.4, 0.5) is 5.69 Å². The number of nitrogens with zero attached hydrogens (tertiary/aromatic N) is 1. The number of rotatable bonds is 7. The van der Waals surface area contributed by atoms with Gasteiger partial charge in [-0.2, -0.15) is 0 Å². The standard InChI is InChI=1S/C16H26N2O2/c1-3-19-13-14(2)17-16-6-4-15(5-7-16)12-18-8-10-20-11-9-18/h4-7,14,17H,3,8-13H2,1-2H3. The molecule has 4 nitrogen and oxygen atoms in total. The van der Waals surface area contributed by atoms with E-state index in [1.807, 2.05) is 6.92 Å². The fourth-order valence-electron chi connectivity index (χ4n) is 2.34. The molecule has 1 aromatic carbocycles. The minimum atomic E-state index is 0.333. The molecule has 0 spiro atoms. The molecule has 0 amide bonds. The molecule has 1 heterocycles. The number of benzene rings is 1. The van der Waals surface area contributed by atoms with Crippen molar-refractivity contribution in [3.8, 4) is 0 Å². The van der Waals surface area contributed by atoms with Crippen molar-refractivity contribution in [3.63, 3.8) is 0 Å². The van der Waals surface area contributed by atoms with Gasteiger partial charge in [-0.15, -0.1) is 0 Å². The van der Waals surface area contributed by atoms with Crippen LogP contribution in [0.25, 0.3) is 0 Å². The van der Waals surface area contributed by atoms with Gasteiger partial charge in [-0.05, 0) is 31.5 Å². The highest BCUT2D eigenvalue weighted by Gasteiger charge is 2.10. The Morgan fingerprint density at radius 2 is 1.95 bits per heavy atom. The van der Waals surface area contributed by atoms with E-state index in [1.54, 1.807) is 0 Å².